The maximum Gasteiger partial charge on any atom is 0.0582 e. The Morgan fingerprint density at radius 1 is 1.40 bits per heavy atom. The summed E-state index contributed by atoms with van der Waals surface area (Å²) in [5, 5.41) is 0. The SMILES string of the molecule is CCCC1CC(C)C(C)O1. The molecule has 0 amide bonds. The van der Waals surface area contributed by atoms with Crippen LogP contribution in [0, 0.1) is 5.92 Å². The molecule has 60 valence electrons. The van der Waals surface area contributed by atoms with Crippen molar-refractivity contribution in [2.24, 2.45) is 5.92 Å². The molecule has 1 nitrogen and oxygen atoms in total. The molecule has 1 heterocycles. The van der Waals surface area contributed by atoms with Crippen LogP contribution >= 0.6 is 0 Å². The third-order valence-electron chi connectivity index (χ3n) is 2.45. The maximum atomic E-state index is 5.71. The normalized spacial score (nSPS) is 40.5. The quantitative estimate of drug-likeness (QED) is 0.576. The molecule has 3 atom stereocenters. The summed E-state index contributed by atoms with van der Waals surface area (Å²) in [5.74, 6) is 0.775. The Morgan fingerprint density at radius 3 is 2.50 bits per heavy atom. The van der Waals surface area contributed by atoms with Crippen LogP contribution in [-0.2, 0) is 4.74 Å². The molecule has 0 bridgehead atoms. The van der Waals surface area contributed by atoms with Gasteiger partial charge in [0.2, 0.25) is 0 Å². The molecular formula is C9H18O. The zero-order chi connectivity index (χ0) is 7.56. The third kappa shape index (κ3) is 1.72. The molecule has 1 fully saturated rings. The van der Waals surface area contributed by atoms with Crippen LogP contribution in [0.15, 0.2) is 0 Å². The van der Waals surface area contributed by atoms with E-state index in [0.29, 0.717) is 12.2 Å². The van der Waals surface area contributed by atoms with Crippen LogP contribution in [0.3, 0.4) is 0 Å². The Kier molecular flexibility index (Phi) is 2.72. The second kappa shape index (κ2) is 3.38. The summed E-state index contributed by atoms with van der Waals surface area (Å²) in [4.78, 5) is 0. The molecule has 1 aliphatic heterocycles. The van der Waals surface area contributed by atoms with Gasteiger partial charge >= 0.3 is 0 Å². The summed E-state index contributed by atoms with van der Waals surface area (Å²) in [6.07, 6.45) is 4.83. The molecule has 0 aromatic carbocycles. The van der Waals surface area contributed by atoms with Crippen LogP contribution in [0.25, 0.3) is 0 Å². The van der Waals surface area contributed by atoms with Gasteiger partial charge in [0.15, 0.2) is 0 Å². The van der Waals surface area contributed by atoms with Crippen molar-refractivity contribution >= 4 is 0 Å². The summed E-state index contributed by atoms with van der Waals surface area (Å²) in [6.45, 7) is 6.68. The van der Waals surface area contributed by atoms with E-state index in [-0.39, 0.29) is 0 Å². The Labute approximate surface area is 63.8 Å². The zero-order valence-corrected chi connectivity index (χ0v) is 7.26. The lowest BCUT2D eigenvalue weighted by Gasteiger charge is -2.08. The highest BCUT2D eigenvalue weighted by molar-refractivity contribution is 4.75. The molecule has 1 saturated heterocycles. The van der Waals surface area contributed by atoms with Crippen molar-refractivity contribution in [3.05, 3.63) is 0 Å². The first kappa shape index (κ1) is 8.06. The van der Waals surface area contributed by atoms with E-state index < -0.39 is 0 Å². The van der Waals surface area contributed by atoms with Crippen molar-refractivity contribution < 1.29 is 4.74 Å². The molecule has 0 saturated carbocycles. The molecular weight excluding hydrogens is 124 g/mol. The average Bonchev–Trinajstić information content (AvgIpc) is 2.14. The lowest BCUT2D eigenvalue weighted by Crippen LogP contribution is -2.08. The lowest BCUT2D eigenvalue weighted by molar-refractivity contribution is 0.0430. The fourth-order valence-electron chi connectivity index (χ4n) is 1.61. The smallest absolute Gasteiger partial charge is 0.0582 e. The van der Waals surface area contributed by atoms with Gasteiger partial charge in [0.1, 0.15) is 0 Å². The molecule has 10 heavy (non-hydrogen) atoms. The van der Waals surface area contributed by atoms with Crippen LogP contribution in [0.4, 0.5) is 0 Å². The van der Waals surface area contributed by atoms with Gasteiger partial charge in [0.05, 0.1) is 12.2 Å². The van der Waals surface area contributed by atoms with Gasteiger partial charge in [0.25, 0.3) is 0 Å². The third-order valence-corrected chi connectivity index (χ3v) is 2.45. The molecule has 3 unspecified atom stereocenters. The summed E-state index contributed by atoms with van der Waals surface area (Å²) in [6, 6.07) is 0. The van der Waals surface area contributed by atoms with E-state index in [1.165, 1.54) is 19.3 Å². The van der Waals surface area contributed by atoms with E-state index in [4.69, 9.17) is 4.74 Å². The molecule has 0 aliphatic carbocycles. The number of hydrogen-bond acceptors (Lipinski definition) is 1. The van der Waals surface area contributed by atoms with Crippen LogP contribution in [0.1, 0.15) is 40.0 Å². The molecule has 0 aromatic rings. The topological polar surface area (TPSA) is 9.23 Å². The van der Waals surface area contributed by atoms with E-state index >= 15 is 0 Å². The van der Waals surface area contributed by atoms with Gasteiger partial charge in [0, 0.05) is 0 Å². The first-order chi connectivity index (χ1) is 4.74. The zero-order valence-electron chi connectivity index (χ0n) is 7.26. The van der Waals surface area contributed by atoms with Crippen molar-refractivity contribution in [2.45, 2.75) is 52.2 Å². The van der Waals surface area contributed by atoms with Gasteiger partial charge in [-0.15, -0.1) is 0 Å². The fourth-order valence-corrected chi connectivity index (χ4v) is 1.61. The Balaban J connectivity index is 2.27. The van der Waals surface area contributed by atoms with Gasteiger partial charge in [-0.2, -0.15) is 0 Å². The summed E-state index contributed by atoms with van der Waals surface area (Å²) >= 11 is 0. The van der Waals surface area contributed by atoms with E-state index in [1.807, 2.05) is 0 Å². The molecule has 1 rings (SSSR count). The second-order valence-electron chi connectivity index (χ2n) is 3.46. The van der Waals surface area contributed by atoms with E-state index in [2.05, 4.69) is 20.8 Å². The largest absolute Gasteiger partial charge is 0.375 e. The van der Waals surface area contributed by atoms with E-state index in [0.717, 1.165) is 5.92 Å². The molecule has 1 aliphatic rings. The Bertz CT molecular complexity index is 90.9. The van der Waals surface area contributed by atoms with E-state index in [9.17, 15) is 0 Å². The number of rotatable bonds is 2. The minimum absolute atomic E-state index is 0.497. The van der Waals surface area contributed by atoms with Crippen LogP contribution in [-0.4, -0.2) is 12.2 Å². The molecule has 0 spiro atoms. The highest BCUT2D eigenvalue weighted by atomic mass is 16.5. The first-order valence-electron chi connectivity index (χ1n) is 4.39. The Morgan fingerprint density at radius 2 is 2.10 bits per heavy atom. The second-order valence-corrected chi connectivity index (χ2v) is 3.46. The maximum absolute atomic E-state index is 5.71. The highest BCUT2D eigenvalue weighted by Gasteiger charge is 2.27. The van der Waals surface area contributed by atoms with Crippen LogP contribution in [0.5, 0.6) is 0 Å². The van der Waals surface area contributed by atoms with Gasteiger partial charge in [-0.25, -0.2) is 0 Å². The number of ether oxygens (including phenoxy) is 1. The summed E-state index contributed by atoms with van der Waals surface area (Å²) in [7, 11) is 0. The van der Waals surface area contributed by atoms with Crippen molar-refractivity contribution in [3.63, 3.8) is 0 Å². The van der Waals surface area contributed by atoms with Gasteiger partial charge in [-0.3, -0.25) is 0 Å². The standard InChI is InChI=1S/C9H18O/c1-4-5-9-6-7(2)8(3)10-9/h7-9H,4-6H2,1-3H3. The van der Waals surface area contributed by atoms with Crippen LogP contribution < -0.4 is 0 Å². The highest BCUT2D eigenvalue weighted by Crippen LogP contribution is 2.27. The lowest BCUT2D eigenvalue weighted by atomic mass is 10.0. The van der Waals surface area contributed by atoms with Crippen LogP contribution in [0.2, 0.25) is 0 Å². The number of hydrogen-bond donors (Lipinski definition) is 0. The predicted octanol–water partition coefficient (Wildman–Crippen LogP) is 2.60. The minimum atomic E-state index is 0.497. The monoisotopic (exact) mass is 142 g/mol. The summed E-state index contributed by atoms with van der Waals surface area (Å²) in [5.41, 5.74) is 0. The molecule has 1 heteroatoms. The van der Waals surface area contributed by atoms with Crippen molar-refractivity contribution in [2.75, 3.05) is 0 Å². The van der Waals surface area contributed by atoms with Gasteiger partial charge in [-0.1, -0.05) is 20.3 Å². The average molecular weight is 142 g/mol. The van der Waals surface area contributed by atoms with Crippen molar-refractivity contribution in [1.82, 2.24) is 0 Å². The Hall–Kier alpha value is -0.0400. The minimum Gasteiger partial charge on any atom is -0.375 e. The van der Waals surface area contributed by atoms with Crippen molar-refractivity contribution in [3.8, 4) is 0 Å². The molecule has 0 aromatic heterocycles. The predicted molar refractivity (Wildman–Crippen MR) is 43.0 cm³/mol. The molecule has 0 radical (unpaired) electrons. The van der Waals surface area contributed by atoms with Gasteiger partial charge < -0.3 is 4.74 Å². The fraction of sp³-hybridized carbons (Fsp3) is 1.00. The molecule has 0 N–H and O–H groups in total. The van der Waals surface area contributed by atoms with Crippen molar-refractivity contribution in [1.29, 1.82) is 0 Å². The summed E-state index contributed by atoms with van der Waals surface area (Å²) < 4.78 is 5.71. The van der Waals surface area contributed by atoms with E-state index in [1.54, 1.807) is 0 Å². The first-order valence-corrected chi connectivity index (χ1v) is 4.39. The van der Waals surface area contributed by atoms with Gasteiger partial charge in [-0.05, 0) is 25.7 Å².